The zero-order valence-corrected chi connectivity index (χ0v) is 11.9. The third kappa shape index (κ3) is 2.99. The quantitative estimate of drug-likeness (QED) is 0.937. The highest BCUT2D eigenvalue weighted by atomic mass is 16.1. The molecule has 1 N–H and O–H groups in total. The van der Waals surface area contributed by atoms with E-state index in [-0.39, 0.29) is 5.91 Å². The van der Waals surface area contributed by atoms with Crippen LogP contribution in [0.3, 0.4) is 0 Å². The Kier molecular flexibility index (Phi) is 3.77. The largest absolute Gasteiger partial charge is 0.307 e. The number of fused-ring (bicyclic) bond motifs is 1. The number of nitrogens with zero attached hydrogens (tertiary/aromatic N) is 4. The molecule has 1 aliphatic rings. The Morgan fingerprint density at radius 3 is 2.86 bits per heavy atom. The summed E-state index contributed by atoms with van der Waals surface area (Å²) < 4.78 is 1.68. The van der Waals surface area contributed by atoms with E-state index in [1.807, 2.05) is 30.3 Å². The lowest BCUT2D eigenvalue weighted by Gasteiger charge is -2.06. The van der Waals surface area contributed by atoms with Gasteiger partial charge >= 0.3 is 0 Å². The number of hydrogen-bond donors (Lipinski definition) is 1. The van der Waals surface area contributed by atoms with E-state index in [1.54, 1.807) is 4.68 Å². The fourth-order valence-electron chi connectivity index (χ4n) is 2.35. The minimum absolute atomic E-state index is 0.0578. The maximum absolute atomic E-state index is 12.0. The molecule has 21 heavy (non-hydrogen) atoms. The minimum atomic E-state index is -0.0578. The summed E-state index contributed by atoms with van der Waals surface area (Å²) >= 11 is 0. The molecule has 0 spiro atoms. The van der Waals surface area contributed by atoms with Crippen LogP contribution < -0.4 is 5.32 Å². The van der Waals surface area contributed by atoms with E-state index < -0.39 is 0 Å². The Hall–Kier alpha value is -2.50. The van der Waals surface area contributed by atoms with Crippen molar-refractivity contribution in [2.45, 2.75) is 32.7 Å². The summed E-state index contributed by atoms with van der Waals surface area (Å²) in [4.78, 5) is 16.5. The SMILES string of the molecule is CCCC1=Nc2nnn(Cc3ccccc3)c2NC(=O)C1. The second-order valence-electron chi connectivity index (χ2n) is 5.06. The van der Waals surface area contributed by atoms with Gasteiger partial charge in [-0.2, -0.15) is 0 Å². The third-order valence-electron chi connectivity index (χ3n) is 3.32. The van der Waals surface area contributed by atoms with Crippen molar-refractivity contribution in [3.63, 3.8) is 0 Å². The molecule has 0 aliphatic carbocycles. The van der Waals surface area contributed by atoms with Gasteiger partial charge in [-0.1, -0.05) is 48.9 Å². The van der Waals surface area contributed by atoms with Crippen LogP contribution in [0.1, 0.15) is 31.7 Å². The van der Waals surface area contributed by atoms with Gasteiger partial charge in [0.2, 0.25) is 11.7 Å². The van der Waals surface area contributed by atoms with E-state index in [4.69, 9.17) is 0 Å². The summed E-state index contributed by atoms with van der Waals surface area (Å²) in [5.41, 5.74) is 1.96. The molecule has 1 aromatic heterocycles. The first kappa shape index (κ1) is 13.5. The summed E-state index contributed by atoms with van der Waals surface area (Å²) in [6.07, 6.45) is 2.09. The van der Waals surface area contributed by atoms with Gasteiger partial charge in [-0.25, -0.2) is 9.67 Å². The molecule has 0 radical (unpaired) electrons. The maximum Gasteiger partial charge on any atom is 0.231 e. The van der Waals surface area contributed by atoms with E-state index in [2.05, 4.69) is 27.5 Å². The summed E-state index contributed by atoms with van der Waals surface area (Å²) in [5, 5.41) is 11.1. The van der Waals surface area contributed by atoms with Crippen LogP contribution in [0.15, 0.2) is 35.3 Å². The zero-order valence-electron chi connectivity index (χ0n) is 11.9. The molecule has 108 valence electrons. The Morgan fingerprint density at radius 1 is 1.29 bits per heavy atom. The van der Waals surface area contributed by atoms with Crippen molar-refractivity contribution in [3.05, 3.63) is 35.9 Å². The Balaban J connectivity index is 1.91. The van der Waals surface area contributed by atoms with E-state index >= 15 is 0 Å². The van der Waals surface area contributed by atoms with Gasteiger partial charge < -0.3 is 5.32 Å². The van der Waals surface area contributed by atoms with Gasteiger partial charge in [-0.3, -0.25) is 4.79 Å². The highest BCUT2D eigenvalue weighted by Crippen LogP contribution is 2.26. The Labute approximate surface area is 122 Å². The summed E-state index contributed by atoms with van der Waals surface area (Å²) in [6, 6.07) is 9.94. The zero-order chi connectivity index (χ0) is 14.7. The lowest BCUT2D eigenvalue weighted by Crippen LogP contribution is -2.17. The molecule has 0 unspecified atom stereocenters. The molecular weight excluding hydrogens is 266 g/mol. The van der Waals surface area contributed by atoms with E-state index in [0.717, 1.165) is 24.1 Å². The second-order valence-corrected chi connectivity index (χ2v) is 5.06. The molecule has 0 bridgehead atoms. The standard InChI is InChI=1S/C15H17N5O/c1-2-6-12-9-13(21)17-15-14(16-12)18-19-20(15)10-11-7-4-3-5-8-11/h3-5,7-8H,2,6,9-10H2,1H3,(H,17,21). The fraction of sp³-hybridized carbons (Fsp3) is 0.333. The molecule has 1 amide bonds. The maximum atomic E-state index is 12.0. The van der Waals surface area contributed by atoms with Crippen molar-refractivity contribution >= 4 is 23.3 Å². The van der Waals surface area contributed by atoms with Gasteiger partial charge in [0.05, 0.1) is 13.0 Å². The summed E-state index contributed by atoms with van der Waals surface area (Å²) in [7, 11) is 0. The van der Waals surface area contributed by atoms with Crippen LogP contribution in [0.2, 0.25) is 0 Å². The molecule has 0 saturated heterocycles. The van der Waals surface area contributed by atoms with Crippen LogP contribution in [-0.2, 0) is 11.3 Å². The molecule has 2 aromatic rings. The average molecular weight is 283 g/mol. The van der Waals surface area contributed by atoms with E-state index in [1.165, 1.54) is 0 Å². The number of benzene rings is 1. The number of rotatable bonds is 4. The predicted octanol–water partition coefficient (Wildman–Crippen LogP) is 2.54. The number of amides is 1. The number of anilines is 1. The van der Waals surface area contributed by atoms with Crippen molar-refractivity contribution in [2.24, 2.45) is 4.99 Å². The van der Waals surface area contributed by atoms with Crippen LogP contribution in [-0.4, -0.2) is 26.6 Å². The summed E-state index contributed by atoms with van der Waals surface area (Å²) in [6.45, 7) is 2.63. The third-order valence-corrected chi connectivity index (χ3v) is 3.32. The van der Waals surface area contributed by atoms with Crippen molar-refractivity contribution in [2.75, 3.05) is 5.32 Å². The second kappa shape index (κ2) is 5.87. The Bertz CT molecular complexity index is 675. The van der Waals surface area contributed by atoms with Crippen molar-refractivity contribution in [3.8, 4) is 0 Å². The molecule has 1 aromatic carbocycles. The lowest BCUT2D eigenvalue weighted by atomic mass is 10.1. The van der Waals surface area contributed by atoms with E-state index in [9.17, 15) is 4.79 Å². The number of aliphatic imine (C=N–C) groups is 1. The molecule has 3 rings (SSSR count). The van der Waals surface area contributed by atoms with Gasteiger partial charge in [-0.15, -0.1) is 5.10 Å². The molecule has 6 nitrogen and oxygen atoms in total. The number of nitrogens with one attached hydrogen (secondary N) is 1. The molecule has 2 heterocycles. The van der Waals surface area contributed by atoms with Gasteiger partial charge in [-0.05, 0) is 12.0 Å². The molecule has 6 heteroatoms. The normalized spacial score (nSPS) is 14.1. The van der Waals surface area contributed by atoms with Gasteiger partial charge in [0, 0.05) is 5.71 Å². The topological polar surface area (TPSA) is 72.2 Å². The lowest BCUT2D eigenvalue weighted by molar-refractivity contribution is -0.115. The van der Waals surface area contributed by atoms with Crippen LogP contribution in [0.4, 0.5) is 11.6 Å². The monoisotopic (exact) mass is 283 g/mol. The highest BCUT2D eigenvalue weighted by molar-refractivity contribution is 6.09. The Morgan fingerprint density at radius 2 is 2.10 bits per heavy atom. The first-order valence-corrected chi connectivity index (χ1v) is 7.10. The van der Waals surface area contributed by atoms with Crippen molar-refractivity contribution in [1.82, 2.24) is 15.0 Å². The molecular formula is C15H17N5O. The minimum Gasteiger partial charge on any atom is -0.307 e. The van der Waals surface area contributed by atoms with Gasteiger partial charge in [0.25, 0.3) is 0 Å². The first-order valence-electron chi connectivity index (χ1n) is 7.10. The fourth-order valence-corrected chi connectivity index (χ4v) is 2.35. The van der Waals surface area contributed by atoms with Gasteiger partial charge in [0.15, 0.2) is 5.82 Å². The van der Waals surface area contributed by atoms with Crippen LogP contribution in [0.5, 0.6) is 0 Å². The number of carbonyl (C=O) groups is 1. The average Bonchev–Trinajstić information content (AvgIpc) is 2.75. The summed E-state index contributed by atoms with van der Waals surface area (Å²) in [5.74, 6) is 1.02. The van der Waals surface area contributed by atoms with Crippen molar-refractivity contribution < 1.29 is 4.79 Å². The van der Waals surface area contributed by atoms with Crippen molar-refractivity contribution in [1.29, 1.82) is 0 Å². The predicted molar refractivity (Wildman–Crippen MR) is 80.8 cm³/mol. The molecule has 0 atom stereocenters. The number of carbonyl (C=O) groups excluding carboxylic acids is 1. The molecule has 0 saturated carbocycles. The van der Waals surface area contributed by atoms with Gasteiger partial charge in [0.1, 0.15) is 0 Å². The van der Waals surface area contributed by atoms with Crippen LogP contribution in [0, 0.1) is 0 Å². The smallest absolute Gasteiger partial charge is 0.231 e. The van der Waals surface area contributed by atoms with Crippen LogP contribution >= 0.6 is 0 Å². The highest BCUT2D eigenvalue weighted by Gasteiger charge is 2.21. The number of aromatic nitrogens is 3. The molecule has 1 aliphatic heterocycles. The first-order chi connectivity index (χ1) is 10.3. The van der Waals surface area contributed by atoms with E-state index in [0.29, 0.717) is 24.6 Å². The molecule has 0 fully saturated rings. The van der Waals surface area contributed by atoms with Crippen LogP contribution in [0.25, 0.3) is 0 Å². The number of hydrogen-bond acceptors (Lipinski definition) is 4.